The van der Waals surface area contributed by atoms with E-state index in [1.54, 1.807) is 30.3 Å². The van der Waals surface area contributed by atoms with Crippen LogP contribution in [-0.2, 0) is 0 Å². The van der Waals surface area contributed by atoms with Crippen molar-refractivity contribution in [2.75, 3.05) is 26.1 Å². The van der Waals surface area contributed by atoms with Gasteiger partial charge in [0.2, 0.25) is 0 Å². The number of methoxy groups -OCH3 is 2. The Morgan fingerprint density at radius 3 is 2.60 bits per heavy atom. The summed E-state index contributed by atoms with van der Waals surface area (Å²) in [6, 6.07) is 9.89. The van der Waals surface area contributed by atoms with Crippen LogP contribution >= 0.6 is 11.6 Å². The maximum absolute atomic E-state index is 12.0. The van der Waals surface area contributed by atoms with Gasteiger partial charge in [-0.1, -0.05) is 17.7 Å². The molecule has 0 radical (unpaired) electrons. The zero-order valence-electron chi connectivity index (χ0n) is 14.3. The lowest BCUT2D eigenvalue weighted by Gasteiger charge is -2.17. The number of ether oxygens (including phenoxy) is 2. The molecule has 6 nitrogen and oxygen atoms in total. The summed E-state index contributed by atoms with van der Waals surface area (Å²) in [4.78, 5) is 12.0. The molecule has 2 aromatic carbocycles. The maximum atomic E-state index is 12.0. The minimum atomic E-state index is -0.947. The normalized spacial score (nSPS) is 11.6. The number of carbonyl (C=O) groups excluding carboxylic acids is 1. The number of nitrogens with one attached hydrogen (secondary N) is 2. The van der Waals surface area contributed by atoms with Crippen LogP contribution in [0.25, 0.3) is 0 Å². The molecule has 0 heterocycles. The summed E-state index contributed by atoms with van der Waals surface area (Å²) in [6.07, 6.45) is -0.947. The van der Waals surface area contributed by atoms with Crippen molar-refractivity contribution in [3.8, 4) is 11.5 Å². The van der Waals surface area contributed by atoms with Gasteiger partial charge in [0, 0.05) is 22.8 Å². The van der Waals surface area contributed by atoms with Gasteiger partial charge in [-0.15, -0.1) is 0 Å². The topological polar surface area (TPSA) is 79.8 Å². The highest BCUT2D eigenvalue weighted by Crippen LogP contribution is 2.29. The Labute approximate surface area is 151 Å². The molecule has 2 amide bonds. The summed E-state index contributed by atoms with van der Waals surface area (Å²) in [5.74, 6) is 1.11. The van der Waals surface area contributed by atoms with E-state index in [1.165, 1.54) is 14.2 Å². The van der Waals surface area contributed by atoms with E-state index >= 15 is 0 Å². The van der Waals surface area contributed by atoms with Crippen molar-refractivity contribution in [3.63, 3.8) is 0 Å². The smallest absolute Gasteiger partial charge is 0.319 e. The second kappa shape index (κ2) is 8.60. The molecule has 2 aromatic rings. The number of hydrogen-bond acceptors (Lipinski definition) is 4. The maximum Gasteiger partial charge on any atom is 0.319 e. The average Bonchev–Trinajstić information content (AvgIpc) is 2.62. The van der Waals surface area contributed by atoms with Crippen LogP contribution in [0.3, 0.4) is 0 Å². The molecule has 7 heteroatoms. The third-order valence-corrected chi connectivity index (χ3v) is 4.09. The van der Waals surface area contributed by atoms with Crippen molar-refractivity contribution in [1.82, 2.24) is 5.32 Å². The zero-order valence-corrected chi connectivity index (χ0v) is 15.1. The Morgan fingerprint density at radius 2 is 1.96 bits per heavy atom. The summed E-state index contributed by atoms with van der Waals surface area (Å²) in [6.45, 7) is 1.89. The summed E-state index contributed by atoms with van der Waals surface area (Å²) in [5, 5.41) is 16.2. The van der Waals surface area contributed by atoms with E-state index in [0.29, 0.717) is 27.8 Å². The van der Waals surface area contributed by atoms with Gasteiger partial charge in [0.1, 0.15) is 17.6 Å². The number of aryl methyl sites for hydroxylation is 1. The number of carbonyl (C=O) groups is 1. The largest absolute Gasteiger partial charge is 0.497 e. The van der Waals surface area contributed by atoms with E-state index in [4.69, 9.17) is 21.1 Å². The standard InChI is InChI=1S/C18H21ClN2O4/c1-11-4-5-12(8-15(11)19)21-18(23)20-10-16(22)14-9-13(24-2)6-7-17(14)25-3/h4-9,16,22H,10H2,1-3H3,(H2,20,21,23). The molecule has 25 heavy (non-hydrogen) atoms. The number of aliphatic hydroxyl groups is 1. The van der Waals surface area contributed by atoms with Gasteiger partial charge >= 0.3 is 6.03 Å². The molecule has 0 saturated heterocycles. The number of urea groups is 1. The lowest BCUT2D eigenvalue weighted by atomic mass is 10.1. The van der Waals surface area contributed by atoms with Crippen LogP contribution in [-0.4, -0.2) is 31.9 Å². The SMILES string of the molecule is COc1ccc(OC)c(C(O)CNC(=O)Nc2ccc(C)c(Cl)c2)c1. The molecule has 2 rings (SSSR count). The second-order valence-electron chi connectivity index (χ2n) is 5.42. The van der Waals surface area contributed by atoms with Crippen LogP contribution in [0.1, 0.15) is 17.2 Å². The summed E-state index contributed by atoms with van der Waals surface area (Å²) >= 11 is 6.03. The molecule has 0 aromatic heterocycles. The van der Waals surface area contributed by atoms with Gasteiger partial charge in [0.15, 0.2) is 0 Å². The third-order valence-electron chi connectivity index (χ3n) is 3.68. The Hall–Kier alpha value is -2.44. The van der Waals surface area contributed by atoms with E-state index in [-0.39, 0.29) is 6.54 Å². The van der Waals surface area contributed by atoms with Gasteiger partial charge in [0.05, 0.1) is 14.2 Å². The minimum absolute atomic E-state index is 0.00888. The van der Waals surface area contributed by atoms with Crippen LogP contribution in [0.15, 0.2) is 36.4 Å². The highest BCUT2D eigenvalue weighted by molar-refractivity contribution is 6.31. The highest BCUT2D eigenvalue weighted by Gasteiger charge is 2.16. The van der Waals surface area contributed by atoms with Crippen LogP contribution in [0, 0.1) is 6.92 Å². The average molecular weight is 365 g/mol. The molecule has 1 atom stereocenters. The molecule has 0 fully saturated rings. The van der Waals surface area contributed by atoms with Crippen molar-refractivity contribution >= 4 is 23.3 Å². The van der Waals surface area contributed by atoms with Crippen molar-refractivity contribution in [2.45, 2.75) is 13.0 Å². The number of hydrogen-bond donors (Lipinski definition) is 3. The van der Waals surface area contributed by atoms with Crippen LogP contribution in [0.4, 0.5) is 10.5 Å². The number of aliphatic hydroxyl groups excluding tert-OH is 1. The third kappa shape index (κ3) is 5.01. The van der Waals surface area contributed by atoms with E-state index in [9.17, 15) is 9.90 Å². The van der Waals surface area contributed by atoms with Crippen molar-refractivity contribution < 1.29 is 19.4 Å². The zero-order chi connectivity index (χ0) is 18.4. The van der Waals surface area contributed by atoms with Crippen molar-refractivity contribution in [2.24, 2.45) is 0 Å². The fraction of sp³-hybridized carbons (Fsp3) is 0.278. The number of halogens is 1. The van der Waals surface area contributed by atoms with Gasteiger partial charge in [-0.2, -0.15) is 0 Å². The van der Waals surface area contributed by atoms with E-state index in [1.807, 2.05) is 13.0 Å². The fourth-order valence-electron chi connectivity index (χ4n) is 2.25. The fourth-order valence-corrected chi connectivity index (χ4v) is 2.43. The highest BCUT2D eigenvalue weighted by atomic mass is 35.5. The predicted octanol–water partition coefficient (Wildman–Crippen LogP) is 3.52. The van der Waals surface area contributed by atoms with E-state index < -0.39 is 12.1 Å². The lowest BCUT2D eigenvalue weighted by molar-refractivity contribution is 0.170. The predicted molar refractivity (Wildman–Crippen MR) is 97.7 cm³/mol. The molecular formula is C18H21ClN2O4. The van der Waals surface area contributed by atoms with E-state index in [0.717, 1.165) is 5.56 Å². The quantitative estimate of drug-likeness (QED) is 0.732. The summed E-state index contributed by atoms with van der Waals surface area (Å²) < 4.78 is 10.4. The molecule has 0 saturated carbocycles. The monoisotopic (exact) mass is 364 g/mol. The molecule has 0 spiro atoms. The Kier molecular flexibility index (Phi) is 6.50. The minimum Gasteiger partial charge on any atom is -0.497 e. The van der Waals surface area contributed by atoms with Crippen LogP contribution in [0.5, 0.6) is 11.5 Å². The van der Waals surface area contributed by atoms with Gasteiger partial charge in [-0.05, 0) is 42.8 Å². The number of benzene rings is 2. The molecule has 0 aliphatic heterocycles. The molecule has 0 aliphatic rings. The first-order chi connectivity index (χ1) is 11.9. The van der Waals surface area contributed by atoms with Gasteiger partial charge in [0.25, 0.3) is 0 Å². The Bertz CT molecular complexity index is 752. The number of amides is 2. The van der Waals surface area contributed by atoms with Gasteiger partial charge < -0.3 is 25.2 Å². The molecule has 3 N–H and O–H groups in total. The first-order valence-corrected chi connectivity index (χ1v) is 8.03. The lowest BCUT2D eigenvalue weighted by Crippen LogP contribution is -2.32. The van der Waals surface area contributed by atoms with Gasteiger partial charge in [-0.3, -0.25) is 0 Å². The van der Waals surface area contributed by atoms with Crippen LogP contribution in [0.2, 0.25) is 5.02 Å². The van der Waals surface area contributed by atoms with Crippen LogP contribution < -0.4 is 20.1 Å². The molecule has 0 aliphatic carbocycles. The van der Waals surface area contributed by atoms with E-state index in [2.05, 4.69) is 10.6 Å². The Morgan fingerprint density at radius 1 is 1.20 bits per heavy atom. The summed E-state index contributed by atoms with van der Waals surface area (Å²) in [7, 11) is 3.05. The first-order valence-electron chi connectivity index (χ1n) is 7.65. The Balaban J connectivity index is 1.98. The van der Waals surface area contributed by atoms with Crippen molar-refractivity contribution in [1.29, 1.82) is 0 Å². The second-order valence-corrected chi connectivity index (χ2v) is 5.83. The number of rotatable bonds is 6. The first kappa shape index (κ1) is 18.9. The van der Waals surface area contributed by atoms with Gasteiger partial charge in [-0.25, -0.2) is 4.79 Å². The van der Waals surface area contributed by atoms with Crippen molar-refractivity contribution in [3.05, 3.63) is 52.5 Å². The summed E-state index contributed by atoms with van der Waals surface area (Å²) in [5.41, 5.74) is 2.02. The molecule has 134 valence electrons. The molecular weight excluding hydrogens is 344 g/mol. The molecule has 1 unspecified atom stereocenters. The number of anilines is 1. The molecule has 0 bridgehead atoms.